The number of aryl methyl sites for hydroxylation is 1. The number of carboxylic acid groups (broad SMARTS) is 1. The number of hydrogen-bond donors (Lipinski definition) is 1. The monoisotopic (exact) mass is 361 g/mol. The van der Waals surface area contributed by atoms with E-state index in [1.165, 1.54) is 0 Å². The average molecular weight is 363 g/mol. The molecule has 6 heteroatoms. The van der Waals surface area contributed by atoms with Gasteiger partial charge in [-0.1, -0.05) is 39.1 Å². The lowest BCUT2D eigenvalue weighted by atomic mass is 10.2. The molecular formula is C13H10BrCl2NO2. The van der Waals surface area contributed by atoms with Crippen molar-refractivity contribution in [2.45, 2.75) is 13.8 Å². The van der Waals surface area contributed by atoms with E-state index >= 15 is 0 Å². The molecule has 19 heavy (non-hydrogen) atoms. The van der Waals surface area contributed by atoms with E-state index < -0.39 is 5.97 Å². The van der Waals surface area contributed by atoms with Crippen molar-refractivity contribution in [3.05, 3.63) is 49.7 Å². The van der Waals surface area contributed by atoms with E-state index in [-0.39, 0.29) is 5.56 Å². The third-order valence-electron chi connectivity index (χ3n) is 2.87. The van der Waals surface area contributed by atoms with E-state index in [4.69, 9.17) is 28.3 Å². The molecule has 0 atom stereocenters. The Morgan fingerprint density at radius 3 is 2.16 bits per heavy atom. The highest BCUT2D eigenvalue weighted by atomic mass is 79.9. The average Bonchev–Trinajstić information content (AvgIpc) is 2.55. The van der Waals surface area contributed by atoms with E-state index in [1.54, 1.807) is 29.7 Å². The first-order valence-electron chi connectivity index (χ1n) is 5.40. The topological polar surface area (TPSA) is 42.2 Å². The van der Waals surface area contributed by atoms with Crippen LogP contribution in [0.15, 0.2) is 22.7 Å². The number of aromatic nitrogens is 1. The molecule has 0 amide bonds. The Morgan fingerprint density at radius 2 is 1.74 bits per heavy atom. The first kappa shape index (κ1) is 14.4. The molecule has 0 radical (unpaired) electrons. The van der Waals surface area contributed by atoms with Crippen molar-refractivity contribution in [2.24, 2.45) is 0 Å². The van der Waals surface area contributed by atoms with Crippen molar-refractivity contribution >= 4 is 45.1 Å². The van der Waals surface area contributed by atoms with Gasteiger partial charge in [-0.15, -0.1) is 0 Å². The van der Waals surface area contributed by atoms with Crippen molar-refractivity contribution in [3.63, 3.8) is 0 Å². The number of benzene rings is 1. The molecule has 1 aromatic carbocycles. The first-order valence-corrected chi connectivity index (χ1v) is 6.95. The quantitative estimate of drug-likeness (QED) is 0.828. The second kappa shape index (κ2) is 5.19. The summed E-state index contributed by atoms with van der Waals surface area (Å²) in [5.41, 5.74) is 2.19. The molecule has 1 heterocycles. The van der Waals surface area contributed by atoms with E-state index in [1.807, 2.05) is 6.92 Å². The molecule has 0 spiro atoms. The minimum atomic E-state index is -0.969. The second-order valence-corrected chi connectivity index (χ2v) is 5.87. The lowest BCUT2D eigenvalue weighted by molar-refractivity contribution is 0.0696. The largest absolute Gasteiger partial charge is 0.478 e. The fourth-order valence-corrected chi connectivity index (χ4v) is 3.45. The van der Waals surface area contributed by atoms with Crippen molar-refractivity contribution in [2.75, 3.05) is 0 Å². The summed E-state index contributed by atoms with van der Waals surface area (Å²) in [6.45, 7) is 3.54. The van der Waals surface area contributed by atoms with E-state index in [0.29, 0.717) is 21.4 Å². The smallest absolute Gasteiger partial charge is 0.337 e. The molecule has 1 N–H and O–H groups in total. The minimum Gasteiger partial charge on any atom is -0.478 e. The van der Waals surface area contributed by atoms with Gasteiger partial charge >= 0.3 is 5.97 Å². The highest BCUT2D eigenvalue weighted by Crippen LogP contribution is 2.35. The maximum atomic E-state index is 11.2. The van der Waals surface area contributed by atoms with Crippen LogP contribution in [0.3, 0.4) is 0 Å². The van der Waals surface area contributed by atoms with Crippen LogP contribution in [0.5, 0.6) is 0 Å². The number of aromatic carboxylic acids is 1. The van der Waals surface area contributed by atoms with Gasteiger partial charge < -0.3 is 9.67 Å². The lowest BCUT2D eigenvalue weighted by Gasteiger charge is -2.14. The summed E-state index contributed by atoms with van der Waals surface area (Å²) in [5.74, 6) is -0.969. The van der Waals surface area contributed by atoms with Crippen LogP contribution >= 0.6 is 39.1 Å². The first-order chi connectivity index (χ1) is 8.82. The standard InChI is InChI=1S/C13H10BrCl2NO2/c1-6-3-9(13(18)19)7(2)17(6)12-10(15)4-8(14)5-11(12)16/h3-5H,1-2H3,(H,18,19). The maximum absolute atomic E-state index is 11.2. The molecule has 2 rings (SSSR count). The van der Waals surface area contributed by atoms with Gasteiger partial charge in [0.05, 0.1) is 21.3 Å². The zero-order valence-corrected chi connectivity index (χ0v) is 13.3. The molecule has 0 aliphatic carbocycles. The highest BCUT2D eigenvalue weighted by Gasteiger charge is 2.19. The SMILES string of the molecule is Cc1cc(C(=O)O)c(C)n1-c1c(Cl)cc(Br)cc1Cl. The molecule has 0 saturated carbocycles. The molecule has 0 aliphatic rings. The summed E-state index contributed by atoms with van der Waals surface area (Å²) in [4.78, 5) is 11.2. The number of hydrogen-bond acceptors (Lipinski definition) is 1. The number of carboxylic acids is 1. The number of nitrogens with zero attached hydrogens (tertiary/aromatic N) is 1. The predicted octanol–water partition coefficient (Wildman–Crippen LogP) is 4.86. The van der Waals surface area contributed by atoms with Crippen LogP contribution in [0, 0.1) is 13.8 Å². The maximum Gasteiger partial charge on any atom is 0.337 e. The van der Waals surface area contributed by atoms with Gasteiger partial charge in [-0.2, -0.15) is 0 Å². The Balaban J connectivity index is 2.77. The number of carbonyl (C=O) groups is 1. The van der Waals surface area contributed by atoms with Crippen LogP contribution in [-0.4, -0.2) is 15.6 Å². The Hall–Kier alpha value is -0.970. The van der Waals surface area contributed by atoms with Gasteiger partial charge in [0.15, 0.2) is 0 Å². The normalized spacial score (nSPS) is 10.8. The Labute approximate surface area is 128 Å². The van der Waals surface area contributed by atoms with Crippen molar-refractivity contribution in [3.8, 4) is 5.69 Å². The van der Waals surface area contributed by atoms with Gasteiger partial charge in [-0.25, -0.2) is 4.79 Å². The molecule has 0 saturated heterocycles. The van der Waals surface area contributed by atoms with Crippen molar-refractivity contribution in [1.82, 2.24) is 4.57 Å². The summed E-state index contributed by atoms with van der Waals surface area (Å²) in [7, 11) is 0. The predicted molar refractivity (Wildman–Crippen MR) is 79.9 cm³/mol. The molecule has 100 valence electrons. The van der Waals surface area contributed by atoms with E-state index in [9.17, 15) is 4.79 Å². The van der Waals surface area contributed by atoms with Crippen LogP contribution < -0.4 is 0 Å². The summed E-state index contributed by atoms with van der Waals surface area (Å²) >= 11 is 15.8. The van der Waals surface area contributed by atoms with Crippen LogP contribution in [0.25, 0.3) is 5.69 Å². The van der Waals surface area contributed by atoms with Crippen LogP contribution in [0.4, 0.5) is 0 Å². The molecule has 0 fully saturated rings. The van der Waals surface area contributed by atoms with Crippen LogP contribution in [-0.2, 0) is 0 Å². The van der Waals surface area contributed by atoms with Gasteiger partial charge in [0.25, 0.3) is 0 Å². The Morgan fingerprint density at radius 1 is 1.21 bits per heavy atom. The minimum absolute atomic E-state index is 0.243. The van der Waals surface area contributed by atoms with E-state index in [2.05, 4.69) is 15.9 Å². The van der Waals surface area contributed by atoms with E-state index in [0.717, 1.165) is 10.2 Å². The number of halogens is 3. The van der Waals surface area contributed by atoms with Gasteiger partial charge in [-0.3, -0.25) is 0 Å². The molecule has 0 aliphatic heterocycles. The fraction of sp³-hybridized carbons (Fsp3) is 0.154. The molecule has 1 aromatic heterocycles. The zero-order valence-electron chi connectivity index (χ0n) is 10.2. The number of rotatable bonds is 2. The molecule has 2 aromatic rings. The third kappa shape index (κ3) is 2.53. The third-order valence-corrected chi connectivity index (χ3v) is 3.90. The summed E-state index contributed by atoms with van der Waals surface area (Å²) in [6.07, 6.45) is 0. The van der Waals surface area contributed by atoms with Gasteiger partial charge in [-0.05, 0) is 32.0 Å². The molecular weight excluding hydrogens is 353 g/mol. The summed E-state index contributed by atoms with van der Waals surface area (Å²) < 4.78 is 2.52. The summed E-state index contributed by atoms with van der Waals surface area (Å²) in [6, 6.07) is 5.05. The van der Waals surface area contributed by atoms with Crippen molar-refractivity contribution < 1.29 is 9.90 Å². The Kier molecular flexibility index (Phi) is 3.95. The van der Waals surface area contributed by atoms with Crippen LogP contribution in [0.1, 0.15) is 21.7 Å². The highest BCUT2D eigenvalue weighted by molar-refractivity contribution is 9.10. The Bertz CT molecular complexity index is 657. The summed E-state index contributed by atoms with van der Waals surface area (Å²) in [5, 5.41) is 10.1. The molecule has 0 bridgehead atoms. The lowest BCUT2D eigenvalue weighted by Crippen LogP contribution is -2.03. The second-order valence-electron chi connectivity index (χ2n) is 4.14. The molecule has 0 unspecified atom stereocenters. The zero-order chi connectivity index (χ0) is 14.3. The van der Waals surface area contributed by atoms with Gasteiger partial charge in [0.1, 0.15) is 0 Å². The van der Waals surface area contributed by atoms with Gasteiger partial charge in [0.2, 0.25) is 0 Å². The fourth-order valence-electron chi connectivity index (χ4n) is 2.07. The van der Waals surface area contributed by atoms with Gasteiger partial charge in [0, 0.05) is 15.9 Å². The van der Waals surface area contributed by atoms with Crippen LogP contribution in [0.2, 0.25) is 10.0 Å². The molecule has 3 nitrogen and oxygen atoms in total. The van der Waals surface area contributed by atoms with Crippen molar-refractivity contribution in [1.29, 1.82) is 0 Å².